The second-order valence-electron chi connectivity index (χ2n) is 4.40. The molecule has 0 aromatic heterocycles. The predicted molar refractivity (Wildman–Crippen MR) is 74.9 cm³/mol. The maximum Gasteiger partial charge on any atom is 0.331 e. The fraction of sp³-hybridized carbons (Fsp3) is 0.467. The van der Waals surface area contributed by atoms with Crippen LogP contribution in [0.25, 0.3) is 0 Å². The van der Waals surface area contributed by atoms with Crippen LogP contribution in [0, 0.1) is 0 Å². The van der Waals surface area contributed by atoms with Gasteiger partial charge in [0.2, 0.25) is 5.91 Å². The molecule has 0 aliphatic carbocycles. The van der Waals surface area contributed by atoms with Crippen molar-refractivity contribution in [1.29, 1.82) is 0 Å². The monoisotopic (exact) mass is 279 g/mol. The van der Waals surface area contributed by atoms with Crippen LogP contribution in [0.5, 0.6) is 0 Å². The van der Waals surface area contributed by atoms with Crippen molar-refractivity contribution in [1.82, 2.24) is 5.32 Å². The van der Waals surface area contributed by atoms with E-state index in [1.807, 2.05) is 13.0 Å². The predicted octanol–water partition coefficient (Wildman–Crippen LogP) is 1.57. The van der Waals surface area contributed by atoms with E-state index < -0.39 is 18.1 Å². The van der Waals surface area contributed by atoms with Crippen molar-refractivity contribution in [3.63, 3.8) is 0 Å². The van der Waals surface area contributed by atoms with Gasteiger partial charge in [-0.05, 0) is 18.9 Å². The lowest BCUT2D eigenvalue weighted by atomic mass is 10.0. The molecule has 110 valence electrons. The van der Waals surface area contributed by atoms with Gasteiger partial charge in [0.05, 0.1) is 6.61 Å². The first-order valence-corrected chi connectivity index (χ1v) is 6.79. The molecule has 0 saturated carbocycles. The molecule has 2 N–H and O–H groups in total. The summed E-state index contributed by atoms with van der Waals surface area (Å²) in [6.07, 6.45) is -0.156. The molecule has 5 nitrogen and oxygen atoms in total. The Morgan fingerprint density at radius 1 is 1.25 bits per heavy atom. The lowest BCUT2D eigenvalue weighted by Gasteiger charge is -2.22. The van der Waals surface area contributed by atoms with Gasteiger partial charge in [0.25, 0.3) is 0 Å². The Balaban J connectivity index is 2.86. The first-order valence-electron chi connectivity index (χ1n) is 6.79. The van der Waals surface area contributed by atoms with E-state index in [0.29, 0.717) is 18.4 Å². The van der Waals surface area contributed by atoms with Gasteiger partial charge in [-0.2, -0.15) is 0 Å². The Morgan fingerprint density at radius 3 is 2.45 bits per heavy atom. The number of carbonyl (C=O) groups excluding carboxylic acids is 2. The van der Waals surface area contributed by atoms with E-state index in [4.69, 9.17) is 4.74 Å². The van der Waals surface area contributed by atoms with Crippen molar-refractivity contribution in [3.8, 4) is 0 Å². The van der Waals surface area contributed by atoms with E-state index in [1.54, 1.807) is 31.2 Å². The minimum absolute atomic E-state index is 0.195. The molecule has 0 radical (unpaired) electrons. The van der Waals surface area contributed by atoms with Crippen LogP contribution in [0.15, 0.2) is 30.3 Å². The van der Waals surface area contributed by atoms with Crippen molar-refractivity contribution >= 4 is 11.9 Å². The van der Waals surface area contributed by atoms with Crippen molar-refractivity contribution in [2.45, 2.75) is 38.8 Å². The molecule has 0 aliphatic heterocycles. The molecule has 2 atom stereocenters. The molecule has 0 spiro atoms. The molecule has 0 heterocycles. The molecule has 0 saturated heterocycles. The van der Waals surface area contributed by atoms with E-state index in [2.05, 4.69) is 5.32 Å². The first-order chi connectivity index (χ1) is 9.60. The van der Waals surface area contributed by atoms with Gasteiger partial charge in [-0.1, -0.05) is 37.3 Å². The molecule has 0 bridgehead atoms. The summed E-state index contributed by atoms with van der Waals surface area (Å²) in [5, 5.41) is 12.8. The second kappa shape index (κ2) is 8.32. The molecule has 0 aliphatic rings. The number of aliphatic hydroxyl groups excluding tert-OH is 1. The summed E-state index contributed by atoms with van der Waals surface area (Å²) >= 11 is 0. The quantitative estimate of drug-likeness (QED) is 0.743. The van der Waals surface area contributed by atoms with Crippen LogP contribution >= 0.6 is 0 Å². The zero-order valence-electron chi connectivity index (χ0n) is 11.8. The van der Waals surface area contributed by atoms with Crippen molar-refractivity contribution < 1.29 is 19.4 Å². The Kier molecular flexibility index (Phi) is 6.73. The standard InChI is InChI=1S/C15H21NO4/c1-3-8-12(17)16-13(15(19)20-4-2)14(18)11-9-6-5-7-10-11/h5-7,9-10,13-14,18H,3-4,8H2,1-2H3,(H,16,17)/t13-,14+/m0/s1. The number of aliphatic hydroxyl groups is 1. The molecule has 1 aromatic rings. The van der Waals surface area contributed by atoms with Gasteiger partial charge < -0.3 is 15.2 Å². The van der Waals surface area contributed by atoms with Crippen molar-refractivity contribution in [3.05, 3.63) is 35.9 Å². The summed E-state index contributed by atoms with van der Waals surface area (Å²) in [7, 11) is 0. The van der Waals surface area contributed by atoms with E-state index >= 15 is 0 Å². The average Bonchev–Trinajstić information content (AvgIpc) is 2.45. The van der Waals surface area contributed by atoms with Crippen LogP contribution < -0.4 is 5.32 Å². The van der Waals surface area contributed by atoms with Crippen LogP contribution in [0.4, 0.5) is 0 Å². The van der Waals surface area contributed by atoms with Gasteiger partial charge in [0.1, 0.15) is 6.10 Å². The van der Waals surface area contributed by atoms with Crippen LogP contribution in [0.1, 0.15) is 38.4 Å². The third-order valence-corrected chi connectivity index (χ3v) is 2.79. The van der Waals surface area contributed by atoms with E-state index in [9.17, 15) is 14.7 Å². The fourth-order valence-corrected chi connectivity index (χ4v) is 1.81. The number of hydrogen-bond acceptors (Lipinski definition) is 4. The summed E-state index contributed by atoms with van der Waals surface area (Å²) in [4.78, 5) is 23.6. The highest BCUT2D eigenvalue weighted by Gasteiger charge is 2.30. The third-order valence-electron chi connectivity index (χ3n) is 2.79. The van der Waals surface area contributed by atoms with Gasteiger partial charge >= 0.3 is 5.97 Å². The SMILES string of the molecule is CCCC(=O)N[C@H](C(=O)OCC)[C@H](O)c1ccccc1. The minimum atomic E-state index is -1.13. The van der Waals surface area contributed by atoms with Crippen molar-refractivity contribution in [2.75, 3.05) is 6.61 Å². The van der Waals surface area contributed by atoms with Crippen LogP contribution in [0.2, 0.25) is 0 Å². The smallest absolute Gasteiger partial charge is 0.331 e. The van der Waals surface area contributed by atoms with Crippen LogP contribution in [0.3, 0.4) is 0 Å². The highest BCUT2D eigenvalue weighted by Crippen LogP contribution is 2.17. The number of ether oxygens (including phenoxy) is 1. The first kappa shape index (κ1) is 16.2. The number of amides is 1. The normalized spacial score (nSPS) is 13.3. The van der Waals surface area contributed by atoms with Crippen molar-refractivity contribution in [2.24, 2.45) is 0 Å². The summed E-state index contributed by atoms with van der Waals surface area (Å²) in [5.74, 6) is -0.908. The fourth-order valence-electron chi connectivity index (χ4n) is 1.81. The van der Waals surface area contributed by atoms with E-state index in [1.165, 1.54) is 0 Å². The van der Waals surface area contributed by atoms with Gasteiger partial charge in [0.15, 0.2) is 6.04 Å². The molecule has 1 amide bonds. The average molecular weight is 279 g/mol. The second-order valence-corrected chi connectivity index (χ2v) is 4.40. The molecule has 0 unspecified atom stereocenters. The topological polar surface area (TPSA) is 75.6 Å². The Labute approximate surface area is 118 Å². The minimum Gasteiger partial charge on any atom is -0.464 e. The summed E-state index contributed by atoms with van der Waals surface area (Å²) in [6.45, 7) is 3.74. The van der Waals surface area contributed by atoms with E-state index in [-0.39, 0.29) is 12.5 Å². The number of nitrogens with one attached hydrogen (secondary N) is 1. The summed E-state index contributed by atoms with van der Waals surface area (Å²) in [5.41, 5.74) is 0.558. The maximum absolute atomic E-state index is 11.9. The lowest BCUT2D eigenvalue weighted by Crippen LogP contribution is -2.45. The van der Waals surface area contributed by atoms with E-state index in [0.717, 1.165) is 0 Å². The molecule has 1 aromatic carbocycles. The Hall–Kier alpha value is -1.88. The number of benzene rings is 1. The zero-order valence-corrected chi connectivity index (χ0v) is 11.8. The number of carbonyl (C=O) groups is 2. The van der Waals surface area contributed by atoms with Gasteiger partial charge in [-0.3, -0.25) is 4.79 Å². The number of hydrogen-bond donors (Lipinski definition) is 2. The highest BCUT2D eigenvalue weighted by atomic mass is 16.5. The molecular weight excluding hydrogens is 258 g/mol. The number of esters is 1. The Morgan fingerprint density at radius 2 is 1.90 bits per heavy atom. The van der Waals surface area contributed by atoms with Crippen LogP contribution in [-0.4, -0.2) is 29.6 Å². The molecule has 20 heavy (non-hydrogen) atoms. The third kappa shape index (κ3) is 4.66. The molecular formula is C15H21NO4. The van der Waals surface area contributed by atoms with Crippen LogP contribution in [-0.2, 0) is 14.3 Å². The maximum atomic E-state index is 11.9. The molecule has 1 rings (SSSR count). The number of rotatable bonds is 7. The largest absolute Gasteiger partial charge is 0.464 e. The molecule has 5 heteroatoms. The zero-order chi connectivity index (χ0) is 15.0. The van der Waals surface area contributed by atoms with Gasteiger partial charge in [-0.15, -0.1) is 0 Å². The van der Waals surface area contributed by atoms with Gasteiger partial charge in [0, 0.05) is 6.42 Å². The summed E-state index contributed by atoms with van der Waals surface area (Å²) < 4.78 is 4.91. The Bertz CT molecular complexity index is 433. The summed E-state index contributed by atoms with van der Waals surface area (Å²) in [6, 6.07) is 7.64. The highest BCUT2D eigenvalue weighted by molar-refractivity contribution is 5.85. The van der Waals surface area contributed by atoms with Gasteiger partial charge in [-0.25, -0.2) is 4.79 Å². The lowest BCUT2D eigenvalue weighted by molar-refractivity contribution is -0.151. The molecule has 0 fully saturated rings.